The normalized spacial score (nSPS) is 26.0. The van der Waals surface area contributed by atoms with E-state index in [2.05, 4.69) is 17.4 Å². The van der Waals surface area contributed by atoms with E-state index in [-0.39, 0.29) is 11.9 Å². The molecular weight excluding hydrogens is 344 g/mol. The summed E-state index contributed by atoms with van der Waals surface area (Å²) < 4.78 is 10.5. The lowest BCUT2D eigenvalue weighted by Crippen LogP contribution is -2.44. The van der Waals surface area contributed by atoms with Crippen LogP contribution in [-0.4, -0.2) is 38.5 Å². The first-order valence-corrected chi connectivity index (χ1v) is 9.73. The fourth-order valence-electron chi connectivity index (χ4n) is 4.52. The Kier molecular flexibility index (Phi) is 6.24. The topological polar surface area (TPSA) is 69.2 Å². The van der Waals surface area contributed by atoms with Crippen molar-refractivity contribution in [2.24, 2.45) is 22.9 Å². The SMILES string of the molecule is COc1ccc(C=NOC(C)C(=O)NC(C)C2CC3CCC2C3)cc1OC. The Morgan fingerprint density at radius 1 is 1.19 bits per heavy atom. The molecule has 3 rings (SSSR count). The van der Waals surface area contributed by atoms with Crippen molar-refractivity contribution in [2.75, 3.05) is 14.2 Å². The molecule has 5 unspecified atom stereocenters. The molecule has 148 valence electrons. The van der Waals surface area contributed by atoms with Crippen LogP contribution in [0.3, 0.4) is 0 Å². The largest absolute Gasteiger partial charge is 0.493 e. The number of ether oxygens (including phenoxy) is 2. The molecule has 1 aromatic carbocycles. The zero-order valence-corrected chi connectivity index (χ0v) is 16.6. The van der Waals surface area contributed by atoms with Crippen molar-refractivity contribution in [3.8, 4) is 11.5 Å². The van der Waals surface area contributed by atoms with Crippen LogP contribution in [0.2, 0.25) is 0 Å². The van der Waals surface area contributed by atoms with Crippen LogP contribution in [0.15, 0.2) is 23.4 Å². The number of methoxy groups -OCH3 is 2. The molecule has 0 saturated heterocycles. The van der Waals surface area contributed by atoms with Crippen LogP contribution in [-0.2, 0) is 9.63 Å². The number of carbonyl (C=O) groups is 1. The van der Waals surface area contributed by atoms with Gasteiger partial charge in [0.15, 0.2) is 11.5 Å². The maximum Gasteiger partial charge on any atom is 0.263 e. The predicted molar refractivity (Wildman–Crippen MR) is 104 cm³/mol. The van der Waals surface area contributed by atoms with Crippen LogP contribution in [0.4, 0.5) is 0 Å². The van der Waals surface area contributed by atoms with Crippen LogP contribution >= 0.6 is 0 Å². The van der Waals surface area contributed by atoms with E-state index >= 15 is 0 Å². The molecule has 6 heteroatoms. The Bertz CT molecular complexity index is 691. The van der Waals surface area contributed by atoms with Gasteiger partial charge in [0, 0.05) is 11.6 Å². The molecule has 1 amide bonds. The highest BCUT2D eigenvalue weighted by atomic mass is 16.6. The molecule has 6 nitrogen and oxygen atoms in total. The molecule has 0 aromatic heterocycles. The van der Waals surface area contributed by atoms with Gasteiger partial charge in [-0.3, -0.25) is 4.79 Å². The van der Waals surface area contributed by atoms with Crippen molar-refractivity contribution in [1.29, 1.82) is 0 Å². The van der Waals surface area contributed by atoms with E-state index < -0.39 is 6.10 Å². The van der Waals surface area contributed by atoms with Crippen molar-refractivity contribution >= 4 is 12.1 Å². The number of nitrogens with zero attached hydrogens (tertiary/aromatic N) is 1. The third kappa shape index (κ3) is 4.54. The number of hydrogen-bond acceptors (Lipinski definition) is 5. The zero-order valence-electron chi connectivity index (χ0n) is 16.6. The van der Waals surface area contributed by atoms with Gasteiger partial charge in [-0.15, -0.1) is 0 Å². The van der Waals surface area contributed by atoms with Crippen molar-refractivity contribution in [1.82, 2.24) is 5.32 Å². The predicted octanol–water partition coefficient (Wildman–Crippen LogP) is 3.38. The summed E-state index contributed by atoms with van der Waals surface area (Å²) in [5, 5.41) is 7.07. The third-order valence-electron chi connectivity index (χ3n) is 6.00. The number of fused-ring (bicyclic) bond motifs is 2. The third-order valence-corrected chi connectivity index (χ3v) is 6.00. The lowest BCUT2D eigenvalue weighted by molar-refractivity contribution is -0.132. The summed E-state index contributed by atoms with van der Waals surface area (Å²) in [5.41, 5.74) is 0.801. The van der Waals surface area contributed by atoms with Gasteiger partial charge in [0.1, 0.15) is 0 Å². The molecule has 1 N–H and O–H groups in total. The minimum absolute atomic E-state index is 0.116. The van der Waals surface area contributed by atoms with Gasteiger partial charge in [0.05, 0.1) is 20.4 Å². The van der Waals surface area contributed by atoms with E-state index in [0.717, 1.165) is 17.4 Å². The number of amides is 1. The summed E-state index contributed by atoms with van der Waals surface area (Å²) in [7, 11) is 3.17. The van der Waals surface area contributed by atoms with Crippen molar-refractivity contribution in [3.05, 3.63) is 23.8 Å². The smallest absolute Gasteiger partial charge is 0.263 e. The molecule has 0 aliphatic heterocycles. The van der Waals surface area contributed by atoms with E-state index in [4.69, 9.17) is 14.3 Å². The second-order valence-corrected chi connectivity index (χ2v) is 7.73. The Labute approximate surface area is 161 Å². The van der Waals surface area contributed by atoms with E-state index in [0.29, 0.717) is 17.4 Å². The number of rotatable bonds is 8. The fourth-order valence-corrected chi connectivity index (χ4v) is 4.52. The summed E-state index contributed by atoms with van der Waals surface area (Å²) in [6.07, 6.45) is 6.20. The van der Waals surface area contributed by atoms with Crippen LogP contribution < -0.4 is 14.8 Å². The molecular formula is C21H30N2O4. The Hall–Kier alpha value is -2.24. The Morgan fingerprint density at radius 3 is 2.59 bits per heavy atom. The summed E-state index contributed by atoms with van der Waals surface area (Å²) in [5.74, 6) is 3.42. The lowest BCUT2D eigenvalue weighted by atomic mass is 9.84. The number of benzene rings is 1. The van der Waals surface area contributed by atoms with Gasteiger partial charge >= 0.3 is 0 Å². The van der Waals surface area contributed by atoms with Gasteiger partial charge in [0.2, 0.25) is 6.10 Å². The first-order chi connectivity index (χ1) is 13.0. The van der Waals surface area contributed by atoms with Gasteiger partial charge in [-0.2, -0.15) is 0 Å². The van der Waals surface area contributed by atoms with Crippen molar-refractivity contribution in [3.63, 3.8) is 0 Å². The van der Waals surface area contributed by atoms with E-state index in [9.17, 15) is 4.79 Å². The maximum absolute atomic E-state index is 12.4. The second-order valence-electron chi connectivity index (χ2n) is 7.73. The number of nitrogens with one attached hydrogen (secondary N) is 1. The first-order valence-electron chi connectivity index (χ1n) is 9.73. The fraction of sp³-hybridized carbons (Fsp3) is 0.619. The molecule has 2 aliphatic rings. The summed E-state index contributed by atoms with van der Waals surface area (Å²) in [6, 6.07) is 5.63. The van der Waals surface area contributed by atoms with E-state index in [1.54, 1.807) is 39.5 Å². The molecule has 0 spiro atoms. The van der Waals surface area contributed by atoms with Crippen molar-refractivity contribution in [2.45, 2.75) is 51.7 Å². The number of hydrogen-bond donors (Lipinski definition) is 1. The van der Waals surface area contributed by atoms with Crippen LogP contribution in [0.5, 0.6) is 11.5 Å². The number of oxime groups is 1. The van der Waals surface area contributed by atoms with Crippen molar-refractivity contribution < 1.29 is 19.1 Å². The number of carbonyl (C=O) groups excluding carboxylic acids is 1. The lowest BCUT2D eigenvalue weighted by Gasteiger charge is -2.29. The zero-order chi connectivity index (χ0) is 19.4. The highest BCUT2D eigenvalue weighted by Crippen LogP contribution is 2.49. The molecule has 0 heterocycles. The van der Waals surface area contributed by atoms with Gasteiger partial charge < -0.3 is 19.6 Å². The average molecular weight is 374 g/mol. The maximum atomic E-state index is 12.4. The quantitative estimate of drug-likeness (QED) is 0.559. The Morgan fingerprint density at radius 2 is 1.96 bits per heavy atom. The standard InChI is InChI=1S/C21H30N2O4/c1-13(18-10-15-5-7-17(18)9-15)23-21(24)14(2)27-22-12-16-6-8-19(25-3)20(11-16)26-4/h6,8,11-15,17-18H,5,7,9-10H2,1-4H3,(H,23,24). The van der Waals surface area contributed by atoms with Crippen LogP contribution in [0, 0.1) is 17.8 Å². The second kappa shape index (κ2) is 8.63. The summed E-state index contributed by atoms with van der Waals surface area (Å²) in [4.78, 5) is 17.7. The van der Waals surface area contributed by atoms with Gasteiger partial charge in [0.25, 0.3) is 5.91 Å². The Balaban J connectivity index is 1.49. The highest BCUT2D eigenvalue weighted by Gasteiger charge is 2.42. The van der Waals surface area contributed by atoms with Crippen LogP contribution in [0.1, 0.15) is 45.1 Å². The minimum atomic E-state index is -0.637. The minimum Gasteiger partial charge on any atom is -0.493 e. The molecule has 27 heavy (non-hydrogen) atoms. The highest BCUT2D eigenvalue weighted by molar-refractivity contribution is 5.82. The van der Waals surface area contributed by atoms with Gasteiger partial charge in [-0.05, 0) is 69.1 Å². The van der Waals surface area contributed by atoms with E-state index in [1.807, 2.05) is 6.07 Å². The summed E-state index contributed by atoms with van der Waals surface area (Å²) in [6.45, 7) is 3.83. The molecule has 0 radical (unpaired) electrons. The summed E-state index contributed by atoms with van der Waals surface area (Å²) >= 11 is 0. The molecule has 1 aromatic rings. The molecule has 2 aliphatic carbocycles. The average Bonchev–Trinajstić information content (AvgIpc) is 3.31. The first kappa shape index (κ1) is 19.5. The van der Waals surface area contributed by atoms with Gasteiger partial charge in [-0.25, -0.2) is 0 Å². The molecule has 5 atom stereocenters. The monoisotopic (exact) mass is 374 g/mol. The molecule has 2 saturated carbocycles. The van der Waals surface area contributed by atoms with Gasteiger partial charge in [-0.1, -0.05) is 11.6 Å². The molecule has 2 bridgehead atoms. The van der Waals surface area contributed by atoms with E-state index in [1.165, 1.54) is 25.7 Å². The van der Waals surface area contributed by atoms with Crippen LogP contribution in [0.25, 0.3) is 0 Å². The molecule has 2 fully saturated rings.